The summed E-state index contributed by atoms with van der Waals surface area (Å²) in [5.74, 6) is 0.814. The first kappa shape index (κ1) is 48.4. The molecule has 0 heterocycles. The van der Waals surface area contributed by atoms with Crippen molar-refractivity contribution >= 4 is 22.9 Å². The van der Waals surface area contributed by atoms with Gasteiger partial charge in [-0.2, -0.15) is 0 Å². The molecule has 0 aromatic heterocycles. The van der Waals surface area contributed by atoms with E-state index in [0.717, 1.165) is 48.1 Å². The zero-order chi connectivity index (χ0) is 34.9. The summed E-state index contributed by atoms with van der Waals surface area (Å²) in [5.41, 5.74) is 7.35. The maximum Gasteiger partial charge on any atom is 0.0765 e. The van der Waals surface area contributed by atoms with Crippen molar-refractivity contribution in [2.75, 3.05) is 20.1 Å². The lowest BCUT2D eigenvalue weighted by molar-refractivity contribution is 0.574. The topological polar surface area (TPSA) is 36.1 Å². The van der Waals surface area contributed by atoms with Crippen molar-refractivity contribution < 1.29 is 0 Å². The molecule has 1 aromatic rings. The SMILES string of the molecule is C=C(C)CC.C=C(NC(C)=S)c1cccc(C)c1.C=CC1=C(/C=C\C)CC(C)C1.C=CCCC.CC.CNCCNC(C)C. The predicted molar refractivity (Wildman–Crippen MR) is 211 cm³/mol. The Morgan fingerprint density at radius 2 is 1.61 bits per heavy atom. The molecule has 3 N–H and O–H groups in total. The first-order valence-corrected chi connectivity index (χ1v) is 16.9. The molecule has 252 valence electrons. The van der Waals surface area contributed by atoms with Crippen LogP contribution in [-0.2, 0) is 0 Å². The van der Waals surface area contributed by atoms with E-state index < -0.39 is 0 Å². The summed E-state index contributed by atoms with van der Waals surface area (Å²) < 4.78 is 0. The van der Waals surface area contributed by atoms with Crippen LogP contribution in [0.15, 0.2) is 91.6 Å². The number of likely N-dealkylation sites (N-methyl/N-ethyl adjacent to an activating group) is 1. The highest BCUT2D eigenvalue weighted by Crippen LogP contribution is 2.32. The molecule has 1 aliphatic rings. The molecular weight excluding hydrogens is 555 g/mol. The Labute approximate surface area is 281 Å². The molecule has 0 saturated carbocycles. The van der Waals surface area contributed by atoms with E-state index >= 15 is 0 Å². The van der Waals surface area contributed by atoms with Crippen molar-refractivity contribution in [1.82, 2.24) is 16.0 Å². The van der Waals surface area contributed by atoms with E-state index in [9.17, 15) is 0 Å². The van der Waals surface area contributed by atoms with E-state index in [-0.39, 0.29) is 0 Å². The minimum atomic E-state index is 0.614. The molecule has 44 heavy (non-hydrogen) atoms. The van der Waals surface area contributed by atoms with E-state index in [0.29, 0.717) is 6.04 Å². The van der Waals surface area contributed by atoms with Gasteiger partial charge in [0, 0.05) is 24.8 Å². The van der Waals surface area contributed by atoms with Crippen LogP contribution in [0.25, 0.3) is 5.70 Å². The van der Waals surface area contributed by atoms with Crippen molar-refractivity contribution in [2.45, 2.75) is 114 Å². The van der Waals surface area contributed by atoms with Crippen LogP contribution in [0.3, 0.4) is 0 Å². The average molecular weight is 626 g/mol. The van der Waals surface area contributed by atoms with Crippen molar-refractivity contribution in [3.63, 3.8) is 0 Å². The standard InChI is InChI=1S/C11H13NS.C11H16.C6H16N2.2C5H10.C2H6/c1-8-5-4-6-11(7-8)9(2)12-10(3)13;1-4-6-11-8-9(3)7-10(11)5-2;1-6(2)8-5-4-7-3;1-4-5(2)3;1-3-5-4-2;1-2/h4-7H,2H2,1,3H3,(H,12,13);4-6,9H,2,7-8H2,1,3H3;6-8H,4-5H2,1-3H3;2,4H2,1,3H3;3H,1,4-5H2,2H3;1-2H3/b;6-4-;;;;. The lowest BCUT2D eigenvalue weighted by Crippen LogP contribution is -2.29. The molecule has 4 heteroatoms. The van der Waals surface area contributed by atoms with Crippen molar-refractivity contribution in [2.24, 2.45) is 5.92 Å². The molecule has 1 aliphatic carbocycles. The summed E-state index contributed by atoms with van der Waals surface area (Å²) in [6.45, 7) is 39.9. The molecule has 2 rings (SSSR count). The number of benzene rings is 1. The summed E-state index contributed by atoms with van der Waals surface area (Å²) in [5, 5.41) is 9.37. The zero-order valence-electron chi connectivity index (χ0n) is 31.0. The second-order valence-corrected chi connectivity index (χ2v) is 11.5. The van der Waals surface area contributed by atoms with Crippen LogP contribution in [0.2, 0.25) is 0 Å². The quantitative estimate of drug-likeness (QED) is 0.130. The molecule has 1 aromatic carbocycles. The highest BCUT2D eigenvalue weighted by Gasteiger charge is 2.16. The van der Waals surface area contributed by atoms with E-state index in [4.69, 9.17) is 12.2 Å². The smallest absolute Gasteiger partial charge is 0.0765 e. The van der Waals surface area contributed by atoms with E-state index in [1.165, 1.54) is 41.5 Å². The third-order valence-corrected chi connectivity index (χ3v) is 5.98. The summed E-state index contributed by atoms with van der Waals surface area (Å²) >= 11 is 4.93. The van der Waals surface area contributed by atoms with Crippen molar-refractivity contribution in [1.29, 1.82) is 0 Å². The van der Waals surface area contributed by atoms with Gasteiger partial charge < -0.3 is 16.0 Å². The van der Waals surface area contributed by atoms with Gasteiger partial charge in [0.25, 0.3) is 0 Å². The van der Waals surface area contributed by atoms with Gasteiger partial charge in [0.05, 0.1) is 4.99 Å². The Morgan fingerprint density at radius 1 is 1.05 bits per heavy atom. The number of hydrogen-bond donors (Lipinski definition) is 3. The third kappa shape index (κ3) is 34.0. The minimum Gasteiger partial charge on any atom is -0.350 e. The van der Waals surface area contributed by atoms with Crippen LogP contribution >= 0.6 is 12.2 Å². The number of rotatable bonds is 11. The van der Waals surface area contributed by atoms with Gasteiger partial charge in [-0.25, -0.2) is 0 Å². The number of hydrogen-bond acceptors (Lipinski definition) is 3. The number of thiocarbonyl (C=S) groups is 1. The second kappa shape index (κ2) is 35.0. The van der Waals surface area contributed by atoms with Crippen LogP contribution < -0.4 is 16.0 Å². The van der Waals surface area contributed by atoms with Gasteiger partial charge in [-0.05, 0) is 89.1 Å². The molecule has 0 radical (unpaired) electrons. The predicted octanol–water partition coefficient (Wildman–Crippen LogP) is 11.6. The second-order valence-electron chi connectivity index (χ2n) is 10.9. The molecule has 1 atom stereocenters. The Morgan fingerprint density at radius 3 is 1.98 bits per heavy atom. The molecule has 1 unspecified atom stereocenters. The van der Waals surface area contributed by atoms with Crippen LogP contribution in [0.4, 0.5) is 0 Å². The average Bonchev–Trinajstić information content (AvgIpc) is 3.34. The van der Waals surface area contributed by atoms with Gasteiger partial charge in [0.2, 0.25) is 0 Å². The normalized spacial score (nSPS) is 12.8. The largest absolute Gasteiger partial charge is 0.350 e. The van der Waals surface area contributed by atoms with Gasteiger partial charge in [-0.1, -0.05) is 134 Å². The van der Waals surface area contributed by atoms with Gasteiger partial charge in [-0.15, -0.1) is 13.2 Å². The van der Waals surface area contributed by atoms with Crippen LogP contribution in [-0.4, -0.2) is 31.2 Å². The van der Waals surface area contributed by atoms with Gasteiger partial charge in [-0.3, -0.25) is 0 Å². The zero-order valence-corrected chi connectivity index (χ0v) is 31.8. The fourth-order valence-electron chi connectivity index (χ4n) is 3.48. The first-order valence-electron chi connectivity index (χ1n) is 16.5. The van der Waals surface area contributed by atoms with Gasteiger partial charge in [0.1, 0.15) is 0 Å². The Hall–Kier alpha value is -2.53. The molecule has 0 saturated heterocycles. The first-order chi connectivity index (χ1) is 20.8. The van der Waals surface area contributed by atoms with Crippen LogP contribution in [0.1, 0.15) is 112 Å². The van der Waals surface area contributed by atoms with Crippen LogP contribution in [0.5, 0.6) is 0 Å². The summed E-state index contributed by atoms with van der Waals surface area (Å²) in [4.78, 5) is 0.742. The van der Waals surface area contributed by atoms with E-state index in [1.54, 1.807) is 0 Å². The van der Waals surface area contributed by atoms with E-state index in [1.807, 2.05) is 59.0 Å². The van der Waals surface area contributed by atoms with Gasteiger partial charge in [0.15, 0.2) is 0 Å². The molecule has 0 fully saturated rings. The summed E-state index contributed by atoms with van der Waals surface area (Å²) in [6.07, 6.45) is 14.2. The monoisotopic (exact) mass is 626 g/mol. The highest BCUT2D eigenvalue weighted by molar-refractivity contribution is 7.80. The van der Waals surface area contributed by atoms with E-state index in [2.05, 4.69) is 115 Å². The molecular formula is C40H71N3S. The lowest BCUT2D eigenvalue weighted by atomic mass is 10.1. The fraction of sp³-hybridized carbons (Fsp3) is 0.525. The maximum atomic E-state index is 4.93. The van der Waals surface area contributed by atoms with Crippen molar-refractivity contribution in [3.8, 4) is 0 Å². The molecule has 0 aliphatic heterocycles. The Kier molecular flexibility index (Phi) is 38.4. The molecule has 0 bridgehead atoms. The Balaban J connectivity index is -0.000000235. The number of nitrogens with one attached hydrogen (secondary N) is 3. The summed E-state index contributed by atoms with van der Waals surface area (Å²) in [6, 6.07) is 8.77. The maximum absolute atomic E-state index is 4.93. The van der Waals surface area contributed by atoms with Gasteiger partial charge >= 0.3 is 0 Å². The lowest BCUT2D eigenvalue weighted by Gasteiger charge is -2.08. The molecule has 3 nitrogen and oxygen atoms in total. The minimum absolute atomic E-state index is 0.614. The highest BCUT2D eigenvalue weighted by atomic mass is 32.1. The molecule has 0 spiro atoms. The number of unbranched alkanes of at least 4 members (excludes halogenated alkanes) is 1. The van der Waals surface area contributed by atoms with Crippen LogP contribution in [0, 0.1) is 12.8 Å². The summed E-state index contributed by atoms with van der Waals surface area (Å²) in [7, 11) is 1.96. The Bertz CT molecular complexity index is 953. The number of aryl methyl sites for hydroxylation is 1. The molecule has 0 amide bonds. The fourth-order valence-corrected chi connectivity index (χ4v) is 3.61. The number of allylic oxidation sites excluding steroid dienone is 7. The van der Waals surface area contributed by atoms with Crippen molar-refractivity contribution in [3.05, 3.63) is 103 Å². The third-order valence-electron chi connectivity index (χ3n) is 5.88.